The second-order valence-corrected chi connectivity index (χ2v) is 2.80. The van der Waals surface area contributed by atoms with E-state index < -0.39 is 5.82 Å². The summed E-state index contributed by atoms with van der Waals surface area (Å²) in [7, 11) is 0. The predicted octanol–water partition coefficient (Wildman–Crippen LogP) is 2.79. The van der Waals surface area contributed by atoms with Crippen LogP contribution in [0.3, 0.4) is 0 Å². The minimum atomic E-state index is -0.464. The number of hydrogen-bond acceptors (Lipinski definition) is 1. The van der Waals surface area contributed by atoms with Crippen molar-refractivity contribution in [2.75, 3.05) is 0 Å². The SMILES string of the molecule is O=Cc1c(F)ccc2ccccc12. The molecule has 0 amide bonds. The lowest BCUT2D eigenvalue weighted by Crippen LogP contribution is -1.88. The summed E-state index contributed by atoms with van der Waals surface area (Å²) in [4.78, 5) is 10.6. The third kappa shape index (κ3) is 1.20. The van der Waals surface area contributed by atoms with Crippen molar-refractivity contribution in [3.05, 3.63) is 47.8 Å². The molecule has 13 heavy (non-hydrogen) atoms. The van der Waals surface area contributed by atoms with Crippen molar-refractivity contribution in [1.82, 2.24) is 0 Å². The molecule has 2 rings (SSSR count). The fourth-order valence-electron chi connectivity index (χ4n) is 1.39. The van der Waals surface area contributed by atoms with E-state index in [-0.39, 0.29) is 5.56 Å². The number of carbonyl (C=O) groups is 1. The molecule has 0 aromatic heterocycles. The van der Waals surface area contributed by atoms with Crippen LogP contribution in [0.15, 0.2) is 36.4 Å². The van der Waals surface area contributed by atoms with Crippen molar-refractivity contribution >= 4 is 17.1 Å². The Kier molecular flexibility index (Phi) is 1.81. The molecular weight excluding hydrogens is 167 g/mol. The molecule has 64 valence electrons. The van der Waals surface area contributed by atoms with E-state index in [0.717, 1.165) is 5.39 Å². The van der Waals surface area contributed by atoms with Gasteiger partial charge in [0.25, 0.3) is 0 Å². The van der Waals surface area contributed by atoms with E-state index in [0.29, 0.717) is 11.7 Å². The van der Waals surface area contributed by atoms with E-state index in [2.05, 4.69) is 0 Å². The molecule has 0 atom stereocenters. The standard InChI is InChI=1S/C11H7FO/c12-11-6-5-8-3-1-2-4-9(8)10(11)7-13/h1-7H. The smallest absolute Gasteiger partial charge is 0.153 e. The third-order valence-electron chi connectivity index (χ3n) is 2.04. The Morgan fingerprint density at radius 3 is 2.62 bits per heavy atom. The monoisotopic (exact) mass is 174 g/mol. The molecule has 0 saturated heterocycles. The lowest BCUT2D eigenvalue weighted by molar-refractivity contribution is 0.112. The third-order valence-corrected chi connectivity index (χ3v) is 2.04. The highest BCUT2D eigenvalue weighted by atomic mass is 19.1. The summed E-state index contributed by atoms with van der Waals surface area (Å²) >= 11 is 0. The number of fused-ring (bicyclic) bond motifs is 1. The van der Waals surface area contributed by atoms with E-state index in [9.17, 15) is 9.18 Å². The summed E-state index contributed by atoms with van der Waals surface area (Å²) in [6.45, 7) is 0. The van der Waals surface area contributed by atoms with Crippen LogP contribution in [-0.4, -0.2) is 6.29 Å². The number of carbonyl (C=O) groups excluding carboxylic acids is 1. The van der Waals surface area contributed by atoms with Gasteiger partial charge in [0, 0.05) is 0 Å². The van der Waals surface area contributed by atoms with Gasteiger partial charge in [0.1, 0.15) is 5.82 Å². The average Bonchev–Trinajstić information content (AvgIpc) is 2.18. The molecule has 0 heterocycles. The van der Waals surface area contributed by atoms with Crippen molar-refractivity contribution in [3.8, 4) is 0 Å². The lowest BCUT2D eigenvalue weighted by atomic mass is 10.1. The summed E-state index contributed by atoms with van der Waals surface area (Å²) < 4.78 is 13.1. The molecule has 0 radical (unpaired) electrons. The zero-order valence-electron chi connectivity index (χ0n) is 6.83. The molecule has 0 saturated carbocycles. The molecule has 0 bridgehead atoms. The fraction of sp³-hybridized carbons (Fsp3) is 0. The number of benzene rings is 2. The summed E-state index contributed by atoms with van der Waals surface area (Å²) in [5.41, 5.74) is 0.137. The Labute approximate surface area is 74.8 Å². The Hall–Kier alpha value is -1.70. The molecule has 1 nitrogen and oxygen atoms in total. The molecule has 0 spiro atoms. The minimum Gasteiger partial charge on any atom is -0.298 e. The molecule has 2 aromatic carbocycles. The summed E-state index contributed by atoms with van der Waals surface area (Å²) in [5, 5.41) is 1.54. The van der Waals surface area contributed by atoms with Crippen LogP contribution in [0.4, 0.5) is 4.39 Å². The van der Waals surface area contributed by atoms with Gasteiger partial charge in [0.2, 0.25) is 0 Å². The molecular formula is C11H7FO. The molecule has 0 aliphatic rings. The van der Waals surface area contributed by atoms with Gasteiger partial charge in [0.05, 0.1) is 5.56 Å². The lowest BCUT2D eigenvalue weighted by Gasteiger charge is -2.00. The van der Waals surface area contributed by atoms with Gasteiger partial charge < -0.3 is 0 Å². The highest BCUT2D eigenvalue weighted by Crippen LogP contribution is 2.19. The van der Waals surface area contributed by atoms with Crippen LogP contribution >= 0.6 is 0 Å². The topological polar surface area (TPSA) is 17.1 Å². The first-order chi connectivity index (χ1) is 6.33. The number of hydrogen-bond donors (Lipinski definition) is 0. The Morgan fingerprint density at radius 1 is 1.08 bits per heavy atom. The van der Waals surface area contributed by atoms with E-state index in [1.165, 1.54) is 6.07 Å². The van der Waals surface area contributed by atoms with Gasteiger partial charge in [-0.2, -0.15) is 0 Å². The van der Waals surface area contributed by atoms with Crippen molar-refractivity contribution in [2.24, 2.45) is 0 Å². The van der Waals surface area contributed by atoms with Gasteiger partial charge >= 0.3 is 0 Å². The zero-order chi connectivity index (χ0) is 9.26. The van der Waals surface area contributed by atoms with Crippen LogP contribution in [0.1, 0.15) is 10.4 Å². The molecule has 0 N–H and O–H groups in total. The van der Waals surface area contributed by atoms with E-state index in [1.807, 2.05) is 12.1 Å². The van der Waals surface area contributed by atoms with Crippen molar-refractivity contribution in [1.29, 1.82) is 0 Å². The second-order valence-electron chi connectivity index (χ2n) is 2.80. The maximum atomic E-state index is 13.1. The Bertz CT molecular complexity index is 463. The largest absolute Gasteiger partial charge is 0.298 e. The van der Waals surface area contributed by atoms with Crippen molar-refractivity contribution in [3.63, 3.8) is 0 Å². The Morgan fingerprint density at radius 2 is 1.85 bits per heavy atom. The minimum absolute atomic E-state index is 0.137. The van der Waals surface area contributed by atoms with E-state index >= 15 is 0 Å². The van der Waals surface area contributed by atoms with Gasteiger partial charge in [-0.15, -0.1) is 0 Å². The highest BCUT2D eigenvalue weighted by Gasteiger charge is 2.04. The van der Waals surface area contributed by atoms with E-state index in [4.69, 9.17) is 0 Å². The summed E-state index contributed by atoms with van der Waals surface area (Å²) in [6.07, 6.45) is 0.553. The predicted molar refractivity (Wildman–Crippen MR) is 49.3 cm³/mol. The first-order valence-electron chi connectivity index (χ1n) is 3.95. The van der Waals surface area contributed by atoms with Crippen LogP contribution in [0, 0.1) is 5.82 Å². The molecule has 2 heteroatoms. The quantitative estimate of drug-likeness (QED) is 0.607. The molecule has 0 fully saturated rings. The first kappa shape index (κ1) is 7.92. The second kappa shape index (κ2) is 2.98. The van der Waals surface area contributed by atoms with Gasteiger partial charge in [-0.1, -0.05) is 30.3 Å². The molecule has 0 aliphatic carbocycles. The maximum Gasteiger partial charge on any atom is 0.153 e. The van der Waals surface area contributed by atoms with Crippen molar-refractivity contribution < 1.29 is 9.18 Å². The van der Waals surface area contributed by atoms with Gasteiger partial charge in [-0.3, -0.25) is 4.79 Å². The zero-order valence-corrected chi connectivity index (χ0v) is 6.83. The highest BCUT2D eigenvalue weighted by molar-refractivity contribution is 5.98. The van der Waals surface area contributed by atoms with Gasteiger partial charge in [-0.05, 0) is 16.8 Å². The Balaban J connectivity index is 2.91. The van der Waals surface area contributed by atoms with Gasteiger partial charge in [0.15, 0.2) is 6.29 Å². The molecule has 0 aliphatic heterocycles. The van der Waals surface area contributed by atoms with Gasteiger partial charge in [-0.25, -0.2) is 4.39 Å². The fourth-order valence-corrected chi connectivity index (χ4v) is 1.39. The maximum absolute atomic E-state index is 13.1. The van der Waals surface area contributed by atoms with Crippen LogP contribution in [0.5, 0.6) is 0 Å². The number of aldehydes is 1. The van der Waals surface area contributed by atoms with E-state index in [1.54, 1.807) is 18.2 Å². The van der Waals surface area contributed by atoms with Crippen LogP contribution < -0.4 is 0 Å². The van der Waals surface area contributed by atoms with Crippen molar-refractivity contribution in [2.45, 2.75) is 0 Å². The summed E-state index contributed by atoms with van der Waals surface area (Å²) in [6, 6.07) is 10.2. The first-order valence-corrected chi connectivity index (χ1v) is 3.95. The van der Waals surface area contributed by atoms with Crippen LogP contribution in [0.25, 0.3) is 10.8 Å². The number of halogens is 1. The molecule has 2 aromatic rings. The average molecular weight is 174 g/mol. The summed E-state index contributed by atoms with van der Waals surface area (Å²) in [5.74, 6) is -0.464. The number of rotatable bonds is 1. The van der Waals surface area contributed by atoms with Crippen LogP contribution in [-0.2, 0) is 0 Å². The normalized spacial score (nSPS) is 10.2. The van der Waals surface area contributed by atoms with Crippen LogP contribution in [0.2, 0.25) is 0 Å². The molecule has 0 unspecified atom stereocenters.